The summed E-state index contributed by atoms with van der Waals surface area (Å²) < 4.78 is 5.98. The highest BCUT2D eigenvalue weighted by atomic mass is 32.1. The van der Waals surface area contributed by atoms with Crippen LogP contribution < -0.4 is 10.5 Å². The molecule has 4 nitrogen and oxygen atoms in total. The standard InChI is InChI=1S/C15H15N3OS/c1-9-10(2)20-15-13(9)14(17-8-18-15)19-12-6-4-3-5-11(12)7-16/h3-6,8H,7,16H2,1-2H3. The van der Waals surface area contributed by atoms with Crippen LogP contribution in [-0.2, 0) is 6.54 Å². The molecule has 102 valence electrons. The Labute approximate surface area is 121 Å². The van der Waals surface area contributed by atoms with Gasteiger partial charge in [-0.2, -0.15) is 0 Å². The fourth-order valence-corrected chi connectivity index (χ4v) is 3.09. The summed E-state index contributed by atoms with van der Waals surface area (Å²) in [4.78, 5) is 10.8. The van der Waals surface area contributed by atoms with Gasteiger partial charge in [0.15, 0.2) is 0 Å². The first-order valence-corrected chi connectivity index (χ1v) is 7.19. The van der Waals surface area contributed by atoms with Gasteiger partial charge in [-0.15, -0.1) is 11.3 Å². The van der Waals surface area contributed by atoms with Gasteiger partial charge < -0.3 is 10.5 Å². The normalized spacial score (nSPS) is 10.9. The van der Waals surface area contributed by atoms with Gasteiger partial charge in [-0.05, 0) is 25.5 Å². The molecule has 0 aliphatic carbocycles. The third kappa shape index (κ3) is 2.15. The molecule has 2 N–H and O–H groups in total. The second kappa shape index (κ2) is 5.19. The molecule has 20 heavy (non-hydrogen) atoms. The zero-order valence-electron chi connectivity index (χ0n) is 11.4. The summed E-state index contributed by atoms with van der Waals surface area (Å²) in [5, 5.41) is 0.988. The molecule has 0 spiro atoms. The van der Waals surface area contributed by atoms with Crippen molar-refractivity contribution in [2.24, 2.45) is 5.73 Å². The minimum absolute atomic E-state index is 0.437. The zero-order valence-corrected chi connectivity index (χ0v) is 12.2. The van der Waals surface area contributed by atoms with E-state index in [2.05, 4.69) is 23.8 Å². The molecule has 1 aromatic carbocycles. The van der Waals surface area contributed by atoms with Gasteiger partial charge in [0.25, 0.3) is 0 Å². The maximum Gasteiger partial charge on any atom is 0.231 e. The fraction of sp³-hybridized carbons (Fsp3) is 0.200. The lowest BCUT2D eigenvalue weighted by molar-refractivity contribution is 0.462. The Kier molecular flexibility index (Phi) is 3.38. The van der Waals surface area contributed by atoms with Crippen LogP contribution in [0.1, 0.15) is 16.0 Å². The number of fused-ring (bicyclic) bond motifs is 1. The Morgan fingerprint density at radius 3 is 2.80 bits per heavy atom. The molecular weight excluding hydrogens is 270 g/mol. The molecule has 3 aromatic rings. The van der Waals surface area contributed by atoms with Gasteiger partial charge in [-0.1, -0.05) is 18.2 Å². The number of benzene rings is 1. The van der Waals surface area contributed by atoms with Crippen molar-refractivity contribution in [2.75, 3.05) is 0 Å². The van der Waals surface area contributed by atoms with E-state index in [1.54, 1.807) is 11.3 Å². The maximum atomic E-state index is 5.98. The van der Waals surface area contributed by atoms with Gasteiger partial charge in [0.1, 0.15) is 16.9 Å². The summed E-state index contributed by atoms with van der Waals surface area (Å²) in [7, 11) is 0. The molecule has 0 aliphatic heterocycles. The number of hydrogen-bond donors (Lipinski definition) is 1. The molecule has 0 unspecified atom stereocenters. The lowest BCUT2D eigenvalue weighted by Gasteiger charge is -2.09. The number of rotatable bonds is 3. The monoisotopic (exact) mass is 285 g/mol. The second-order valence-electron chi connectivity index (χ2n) is 4.56. The summed E-state index contributed by atoms with van der Waals surface area (Å²) >= 11 is 1.66. The van der Waals surface area contributed by atoms with E-state index in [-0.39, 0.29) is 0 Å². The van der Waals surface area contributed by atoms with Crippen molar-refractivity contribution in [3.63, 3.8) is 0 Å². The number of nitrogens with two attached hydrogens (primary N) is 1. The maximum absolute atomic E-state index is 5.98. The SMILES string of the molecule is Cc1sc2ncnc(Oc3ccccc3CN)c2c1C. The Balaban J connectivity index is 2.11. The molecule has 0 saturated heterocycles. The van der Waals surface area contributed by atoms with Crippen molar-refractivity contribution in [2.45, 2.75) is 20.4 Å². The van der Waals surface area contributed by atoms with Crippen molar-refractivity contribution in [3.05, 3.63) is 46.6 Å². The van der Waals surface area contributed by atoms with Crippen LogP contribution in [0.2, 0.25) is 0 Å². The van der Waals surface area contributed by atoms with Crippen molar-refractivity contribution in [3.8, 4) is 11.6 Å². The van der Waals surface area contributed by atoms with E-state index in [1.165, 1.54) is 16.8 Å². The quantitative estimate of drug-likeness (QED) is 0.799. The number of ether oxygens (including phenoxy) is 1. The molecule has 0 atom stereocenters. The molecule has 0 bridgehead atoms. The number of hydrogen-bond acceptors (Lipinski definition) is 5. The molecule has 2 aromatic heterocycles. The van der Waals surface area contributed by atoms with Crippen LogP contribution in [0.25, 0.3) is 10.2 Å². The third-order valence-electron chi connectivity index (χ3n) is 3.33. The largest absolute Gasteiger partial charge is 0.438 e. The lowest BCUT2D eigenvalue weighted by Crippen LogP contribution is -2.00. The highest BCUT2D eigenvalue weighted by Crippen LogP contribution is 2.36. The van der Waals surface area contributed by atoms with Gasteiger partial charge in [0, 0.05) is 17.0 Å². The molecule has 0 aliphatic rings. The van der Waals surface area contributed by atoms with Crippen LogP contribution in [0.15, 0.2) is 30.6 Å². The van der Waals surface area contributed by atoms with Gasteiger partial charge in [-0.3, -0.25) is 0 Å². The topological polar surface area (TPSA) is 61.0 Å². The molecule has 0 saturated carbocycles. The summed E-state index contributed by atoms with van der Waals surface area (Å²) in [6, 6.07) is 7.74. The van der Waals surface area contributed by atoms with Crippen LogP contribution in [0.5, 0.6) is 11.6 Å². The summed E-state index contributed by atoms with van der Waals surface area (Å²) in [6.07, 6.45) is 1.54. The number of aromatic nitrogens is 2. The Morgan fingerprint density at radius 2 is 2.00 bits per heavy atom. The fourth-order valence-electron chi connectivity index (χ4n) is 2.10. The van der Waals surface area contributed by atoms with E-state index >= 15 is 0 Å². The molecule has 0 amide bonds. The molecule has 5 heteroatoms. The van der Waals surface area contributed by atoms with Crippen LogP contribution in [0, 0.1) is 13.8 Å². The predicted molar refractivity (Wildman–Crippen MR) is 81.3 cm³/mol. The van der Waals surface area contributed by atoms with E-state index in [0.29, 0.717) is 12.4 Å². The van der Waals surface area contributed by atoms with E-state index in [1.807, 2.05) is 24.3 Å². The second-order valence-corrected chi connectivity index (χ2v) is 5.76. The Bertz CT molecular complexity index is 767. The van der Waals surface area contributed by atoms with Crippen LogP contribution in [-0.4, -0.2) is 9.97 Å². The summed E-state index contributed by atoms with van der Waals surface area (Å²) in [5.41, 5.74) is 7.87. The lowest BCUT2D eigenvalue weighted by atomic mass is 10.2. The molecule has 0 radical (unpaired) electrons. The molecule has 2 heterocycles. The molecular formula is C15H15N3OS. The highest BCUT2D eigenvalue weighted by molar-refractivity contribution is 7.18. The van der Waals surface area contributed by atoms with Gasteiger partial charge in [0.05, 0.1) is 5.39 Å². The van der Waals surface area contributed by atoms with Crippen molar-refractivity contribution in [1.29, 1.82) is 0 Å². The van der Waals surface area contributed by atoms with Gasteiger partial charge in [-0.25, -0.2) is 9.97 Å². The molecule has 3 rings (SSSR count). The smallest absolute Gasteiger partial charge is 0.231 e. The first kappa shape index (κ1) is 13.0. The average molecular weight is 285 g/mol. The highest BCUT2D eigenvalue weighted by Gasteiger charge is 2.14. The van der Waals surface area contributed by atoms with E-state index < -0.39 is 0 Å². The number of nitrogens with zero attached hydrogens (tertiary/aromatic N) is 2. The minimum Gasteiger partial charge on any atom is -0.438 e. The van der Waals surface area contributed by atoms with E-state index in [0.717, 1.165) is 21.5 Å². The number of thiophene rings is 1. The van der Waals surface area contributed by atoms with Gasteiger partial charge >= 0.3 is 0 Å². The number of aryl methyl sites for hydroxylation is 2. The minimum atomic E-state index is 0.437. The zero-order chi connectivity index (χ0) is 14.1. The van der Waals surface area contributed by atoms with Gasteiger partial charge in [0.2, 0.25) is 5.88 Å². The Hall–Kier alpha value is -1.98. The van der Waals surface area contributed by atoms with Crippen LogP contribution in [0.4, 0.5) is 0 Å². The third-order valence-corrected chi connectivity index (χ3v) is 4.44. The van der Waals surface area contributed by atoms with E-state index in [4.69, 9.17) is 10.5 Å². The number of para-hydroxylation sites is 1. The molecule has 0 fully saturated rings. The Morgan fingerprint density at radius 1 is 1.20 bits per heavy atom. The first-order chi connectivity index (χ1) is 9.70. The summed E-state index contributed by atoms with van der Waals surface area (Å²) in [6.45, 7) is 4.59. The van der Waals surface area contributed by atoms with Crippen molar-refractivity contribution >= 4 is 21.6 Å². The average Bonchev–Trinajstić information content (AvgIpc) is 2.76. The van der Waals surface area contributed by atoms with E-state index in [9.17, 15) is 0 Å². The predicted octanol–water partition coefficient (Wildman–Crippen LogP) is 3.56. The summed E-state index contributed by atoms with van der Waals surface area (Å²) in [5.74, 6) is 1.34. The van der Waals surface area contributed by atoms with Crippen molar-refractivity contribution in [1.82, 2.24) is 9.97 Å². The van der Waals surface area contributed by atoms with Crippen LogP contribution >= 0.6 is 11.3 Å². The van der Waals surface area contributed by atoms with Crippen molar-refractivity contribution < 1.29 is 4.74 Å². The van der Waals surface area contributed by atoms with Crippen LogP contribution in [0.3, 0.4) is 0 Å². The first-order valence-electron chi connectivity index (χ1n) is 6.37.